The lowest BCUT2D eigenvalue weighted by Gasteiger charge is -2.33. The molecule has 2 unspecified atom stereocenters. The summed E-state index contributed by atoms with van der Waals surface area (Å²) >= 11 is 3.46. The van der Waals surface area contributed by atoms with E-state index < -0.39 is 15.1 Å². The summed E-state index contributed by atoms with van der Waals surface area (Å²) in [5.41, 5.74) is 0. The Morgan fingerprint density at radius 3 is 2.53 bits per heavy atom. The predicted octanol–water partition coefficient (Wildman–Crippen LogP) is 2.12. The molecule has 2 heterocycles. The molecule has 2 aliphatic rings. The Labute approximate surface area is 124 Å². The number of nitrogens with zero attached hydrogens (tertiary/aromatic N) is 1. The predicted molar refractivity (Wildman–Crippen MR) is 79.2 cm³/mol. The maximum atomic E-state index is 12.6. The van der Waals surface area contributed by atoms with Gasteiger partial charge in [-0.3, -0.25) is 4.79 Å². The highest BCUT2D eigenvalue weighted by molar-refractivity contribution is 9.09. The standard InChI is InChI=1S/C13H22BrNO3S/c14-10-11-6-2-1-4-8-15(11)13(16)12-7-3-5-9-19(12,17)18/h11-12H,1-10H2. The minimum atomic E-state index is -3.22. The van der Waals surface area contributed by atoms with E-state index in [0.29, 0.717) is 19.4 Å². The monoisotopic (exact) mass is 351 g/mol. The molecule has 2 rings (SSSR count). The minimum Gasteiger partial charge on any atom is -0.338 e. The van der Waals surface area contributed by atoms with Gasteiger partial charge >= 0.3 is 0 Å². The van der Waals surface area contributed by atoms with Crippen molar-refractivity contribution in [2.24, 2.45) is 0 Å². The summed E-state index contributed by atoms with van der Waals surface area (Å²) in [5, 5.41) is -0.0354. The topological polar surface area (TPSA) is 54.5 Å². The number of hydrogen-bond donors (Lipinski definition) is 0. The quantitative estimate of drug-likeness (QED) is 0.716. The Balaban J connectivity index is 2.16. The molecule has 0 saturated carbocycles. The Bertz CT molecular complexity index is 424. The molecule has 2 aliphatic heterocycles. The number of sulfone groups is 1. The van der Waals surface area contributed by atoms with Gasteiger partial charge in [-0.25, -0.2) is 8.42 Å². The minimum absolute atomic E-state index is 0.147. The van der Waals surface area contributed by atoms with Crippen LogP contribution in [0.4, 0.5) is 0 Å². The van der Waals surface area contributed by atoms with E-state index >= 15 is 0 Å². The molecule has 0 aromatic carbocycles. The number of hydrogen-bond acceptors (Lipinski definition) is 3. The largest absolute Gasteiger partial charge is 0.338 e. The molecule has 2 fully saturated rings. The first-order chi connectivity index (χ1) is 9.06. The molecule has 0 aromatic rings. The molecular formula is C13H22BrNO3S. The highest BCUT2D eigenvalue weighted by Gasteiger charge is 2.39. The number of likely N-dealkylation sites (tertiary alicyclic amines) is 1. The van der Waals surface area contributed by atoms with Crippen LogP contribution in [-0.4, -0.2) is 48.1 Å². The number of alkyl halides is 1. The van der Waals surface area contributed by atoms with E-state index in [1.807, 2.05) is 4.90 Å². The molecule has 0 radical (unpaired) electrons. The van der Waals surface area contributed by atoms with Gasteiger partial charge in [0.15, 0.2) is 9.84 Å². The van der Waals surface area contributed by atoms with Gasteiger partial charge < -0.3 is 4.90 Å². The van der Waals surface area contributed by atoms with E-state index in [9.17, 15) is 13.2 Å². The fourth-order valence-corrected chi connectivity index (χ4v) is 5.58. The van der Waals surface area contributed by atoms with Gasteiger partial charge in [-0.1, -0.05) is 35.2 Å². The molecule has 0 bridgehead atoms. The lowest BCUT2D eigenvalue weighted by Crippen LogP contribution is -2.49. The number of amides is 1. The van der Waals surface area contributed by atoms with E-state index in [2.05, 4.69) is 15.9 Å². The molecule has 4 nitrogen and oxygen atoms in total. The van der Waals surface area contributed by atoms with E-state index in [1.54, 1.807) is 0 Å². The molecule has 6 heteroatoms. The van der Waals surface area contributed by atoms with Crippen molar-refractivity contribution < 1.29 is 13.2 Å². The molecule has 19 heavy (non-hydrogen) atoms. The van der Waals surface area contributed by atoms with E-state index in [4.69, 9.17) is 0 Å². The van der Waals surface area contributed by atoms with E-state index in [0.717, 1.165) is 37.4 Å². The van der Waals surface area contributed by atoms with Crippen LogP contribution in [-0.2, 0) is 14.6 Å². The molecule has 1 amide bonds. The van der Waals surface area contributed by atoms with Crippen molar-refractivity contribution in [2.75, 3.05) is 17.6 Å². The lowest BCUT2D eigenvalue weighted by atomic mass is 10.1. The van der Waals surface area contributed by atoms with Crippen LogP contribution in [0.2, 0.25) is 0 Å². The van der Waals surface area contributed by atoms with Crippen molar-refractivity contribution in [2.45, 2.75) is 56.2 Å². The molecule has 110 valence electrons. The fraction of sp³-hybridized carbons (Fsp3) is 0.923. The third-order valence-electron chi connectivity index (χ3n) is 4.19. The van der Waals surface area contributed by atoms with E-state index in [-0.39, 0.29) is 17.7 Å². The number of carbonyl (C=O) groups is 1. The second kappa shape index (κ2) is 6.57. The molecule has 2 saturated heterocycles. The number of carbonyl (C=O) groups excluding carboxylic acids is 1. The van der Waals surface area contributed by atoms with Gasteiger partial charge in [-0.2, -0.15) is 0 Å². The van der Waals surface area contributed by atoms with Gasteiger partial charge in [-0.05, 0) is 25.7 Å². The Morgan fingerprint density at radius 1 is 1.11 bits per heavy atom. The van der Waals surface area contributed by atoms with Gasteiger partial charge in [0.1, 0.15) is 5.25 Å². The highest BCUT2D eigenvalue weighted by atomic mass is 79.9. The zero-order valence-electron chi connectivity index (χ0n) is 11.2. The average molecular weight is 352 g/mol. The van der Waals surface area contributed by atoms with Crippen molar-refractivity contribution >= 4 is 31.7 Å². The van der Waals surface area contributed by atoms with Crippen LogP contribution in [0.5, 0.6) is 0 Å². The van der Waals surface area contributed by atoms with Crippen LogP contribution in [0.1, 0.15) is 44.9 Å². The first-order valence-corrected chi connectivity index (χ1v) is 9.98. The van der Waals surface area contributed by atoms with Crippen LogP contribution in [0.25, 0.3) is 0 Å². The van der Waals surface area contributed by atoms with Crippen LogP contribution in [0.3, 0.4) is 0 Å². The second-order valence-electron chi connectivity index (χ2n) is 5.54. The Kier molecular flexibility index (Phi) is 5.29. The SMILES string of the molecule is O=C(C1CCCCS1(=O)=O)N1CCCCCC1CBr. The zero-order chi connectivity index (χ0) is 13.9. The van der Waals surface area contributed by atoms with Crippen LogP contribution < -0.4 is 0 Å². The maximum absolute atomic E-state index is 12.6. The van der Waals surface area contributed by atoms with Crippen LogP contribution in [0, 0.1) is 0 Å². The molecule has 0 aromatic heterocycles. The van der Waals surface area contributed by atoms with Crippen LogP contribution in [0.15, 0.2) is 0 Å². The summed E-state index contributed by atoms with van der Waals surface area (Å²) in [5.74, 6) is 0.0296. The first-order valence-electron chi connectivity index (χ1n) is 7.14. The summed E-state index contributed by atoms with van der Waals surface area (Å²) < 4.78 is 24.2. The molecule has 0 N–H and O–H groups in total. The van der Waals surface area contributed by atoms with Gasteiger partial charge in [0, 0.05) is 17.9 Å². The second-order valence-corrected chi connectivity index (χ2v) is 8.49. The molecule has 0 aliphatic carbocycles. The van der Waals surface area contributed by atoms with Crippen molar-refractivity contribution in [3.63, 3.8) is 0 Å². The van der Waals surface area contributed by atoms with Crippen molar-refractivity contribution in [1.29, 1.82) is 0 Å². The summed E-state index contributed by atoms with van der Waals surface area (Å²) in [6.45, 7) is 0.709. The van der Waals surface area contributed by atoms with Crippen molar-refractivity contribution in [3.05, 3.63) is 0 Å². The fourth-order valence-electron chi connectivity index (χ4n) is 3.04. The van der Waals surface area contributed by atoms with E-state index in [1.165, 1.54) is 0 Å². The summed E-state index contributed by atoms with van der Waals surface area (Å²) in [6.07, 6.45) is 6.27. The zero-order valence-corrected chi connectivity index (χ0v) is 13.6. The Hall–Kier alpha value is -0.100. The van der Waals surface area contributed by atoms with Crippen molar-refractivity contribution in [3.8, 4) is 0 Å². The van der Waals surface area contributed by atoms with Crippen molar-refractivity contribution in [1.82, 2.24) is 4.90 Å². The normalized spacial score (nSPS) is 31.7. The van der Waals surface area contributed by atoms with Gasteiger partial charge in [0.2, 0.25) is 5.91 Å². The smallest absolute Gasteiger partial charge is 0.241 e. The number of rotatable bonds is 2. The van der Waals surface area contributed by atoms with Gasteiger partial charge in [0.05, 0.1) is 5.75 Å². The third-order valence-corrected chi connectivity index (χ3v) is 7.10. The molecule has 2 atom stereocenters. The maximum Gasteiger partial charge on any atom is 0.241 e. The average Bonchev–Trinajstić information content (AvgIpc) is 2.62. The summed E-state index contributed by atoms with van der Waals surface area (Å²) in [7, 11) is -3.22. The summed E-state index contributed by atoms with van der Waals surface area (Å²) in [6, 6.07) is 0.159. The summed E-state index contributed by atoms with van der Waals surface area (Å²) in [4.78, 5) is 14.4. The first kappa shape index (κ1) is 15.3. The Morgan fingerprint density at radius 2 is 1.84 bits per heavy atom. The lowest BCUT2D eigenvalue weighted by molar-refractivity contribution is -0.132. The molecule has 0 spiro atoms. The molecular weight excluding hydrogens is 330 g/mol. The van der Waals surface area contributed by atoms with Gasteiger partial charge in [0.25, 0.3) is 0 Å². The number of halogens is 1. The third kappa shape index (κ3) is 3.51. The highest BCUT2D eigenvalue weighted by Crippen LogP contribution is 2.25. The van der Waals surface area contributed by atoms with Gasteiger partial charge in [-0.15, -0.1) is 0 Å². The van der Waals surface area contributed by atoms with Crippen LogP contribution >= 0.6 is 15.9 Å².